The van der Waals surface area contributed by atoms with E-state index >= 15 is 0 Å². The van der Waals surface area contributed by atoms with E-state index in [0.717, 1.165) is 5.56 Å². The van der Waals surface area contributed by atoms with E-state index in [1.165, 1.54) is 18.9 Å². The highest BCUT2D eigenvalue weighted by Gasteiger charge is 2.48. The fraction of sp³-hybridized carbons (Fsp3) is 0.467. The van der Waals surface area contributed by atoms with Gasteiger partial charge in [-0.15, -0.1) is 0 Å². The van der Waals surface area contributed by atoms with Gasteiger partial charge in [-0.25, -0.2) is 8.42 Å². The van der Waals surface area contributed by atoms with Crippen molar-refractivity contribution >= 4 is 44.3 Å². The van der Waals surface area contributed by atoms with E-state index in [-0.39, 0.29) is 35.3 Å². The third kappa shape index (κ3) is 3.77. The van der Waals surface area contributed by atoms with Crippen LogP contribution >= 0.6 is 23.4 Å². The van der Waals surface area contributed by atoms with Crippen molar-refractivity contribution < 1.29 is 17.9 Å². The number of sulfone groups is 1. The van der Waals surface area contributed by atoms with Crippen LogP contribution in [0.25, 0.3) is 0 Å². The molecule has 9 heteroatoms. The Morgan fingerprint density at radius 1 is 1.42 bits per heavy atom. The highest BCUT2D eigenvalue weighted by molar-refractivity contribution is 8.15. The molecule has 1 aromatic carbocycles. The Balaban J connectivity index is 1.90. The molecule has 0 aromatic heterocycles. The van der Waals surface area contributed by atoms with Gasteiger partial charge < -0.3 is 9.64 Å². The van der Waals surface area contributed by atoms with Gasteiger partial charge in [-0.2, -0.15) is 4.99 Å². The first-order valence-electron chi connectivity index (χ1n) is 7.37. The maximum Gasteiger partial charge on any atom is 0.274 e. The summed E-state index contributed by atoms with van der Waals surface area (Å²) < 4.78 is 28.7. The van der Waals surface area contributed by atoms with Crippen LogP contribution in [-0.4, -0.2) is 60.9 Å². The molecule has 2 heterocycles. The summed E-state index contributed by atoms with van der Waals surface area (Å²) in [7, 11) is -1.63. The Bertz CT molecular complexity index is 781. The molecule has 1 amide bonds. The summed E-state index contributed by atoms with van der Waals surface area (Å²) in [5.74, 6) is -0.196. The third-order valence-electron chi connectivity index (χ3n) is 3.96. The van der Waals surface area contributed by atoms with E-state index in [2.05, 4.69) is 4.99 Å². The lowest BCUT2D eigenvalue weighted by molar-refractivity contribution is -0.121. The quantitative estimate of drug-likeness (QED) is 0.779. The van der Waals surface area contributed by atoms with Gasteiger partial charge in [0, 0.05) is 23.9 Å². The smallest absolute Gasteiger partial charge is 0.274 e. The Kier molecular flexibility index (Phi) is 5.19. The number of benzene rings is 1. The number of fused-ring (bicyclic) bond motifs is 1. The molecule has 0 N–H and O–H groups in total. The molecule has 0 unspecified atom stereocenters. The van der Waals surface area contributed by atoms with E-state index in [1.807, 2.05) is 23.1 Å². The van der Waals surface area contributed by atoms with Gasteiger partial charge in [0.05, 0.1) is 17.5 Å². The predicted octanol–water partition coefficient (Wildman–Crippen LogP) is 1.58. The zero-order chi connectivity index (χ0) is 17.3. The van der Waals surface area contributed by atoms with Crippen LogP contribution < -0.4 is 0 Å². The maximum absolute atomic E-state index is 11.9. The van der Waals surface area contributed by atoms with Gasteiger partial charge in [0.2, 0.25) is 0 Å². The van der Waals surface area contributed by atoms with Crippen LogP contribution in [0.2, 0.25) is 5.02 Å². The van der Waals surface area contributed by atoms with E-state index in [1.54, 1.807) is 6.07 Å². The number of aliphatic imine (C=N–C) groups is 1. The second-order valence-electron chi connectivity index (χ2n) is 5.74. The number of hydrogen-bond acceptors (Lipinski definition) is 5. The number of methoxy groups -OCH3 is 1. The van der Waals surface area contributed by atoms with Crippen LogP contribution in [0.1, 0.15) is 5.56 Å². The number of ether oxygens (including phenoxy) is 1. The van der Waals surface area contributed by atoms with Gasteiger partial charge in [-0.05, 0) is 11.6 Å². The molecule has 2 saturated heterocycles. The highest BCUT2D eigenvalue weighted by atomic mass is 35.5. The van der Waals surface area contributed by atoms with E-state index in [9.17, 15) is 13.2 Å². The van der Waals surface area contributed by atoms with Gasteiger partial charge in [-0.3, -0.25) is 4.79 Å². The zero-order valence-corrected chi connectivity index (χ0v) is 15.4. The molecule has 3 rings (SSSR count). The average Bonchev–Trinajstić information content (AvgIpc) is 2.94. The molecular formula is C15H17ClN2O4S2. The Labute approximate surface area is 150 Å². The molecule has 0 spiro atoms. The van der Waals surface area contributed by atoms with Crippen molar-refractivity contribution in [3.8, 4) is 0 Å². The molecule has 2 aliphatic rings. The Morgan fingerprint density at radius 2 is 2.17 bits per heavy atom. The molecule has 2 fully saturated rings. The molecule has 6 nitrogen and oxygen atoms in total. The number of rotatable bonds is 4. The standard InChI is InChI=1S/C15H17ClN2O4S2/c1-22-7-14(19)17-15-18(6-10-4-2-3-5-11(10)16)12-8-24(20,21)9-13(12)23-15/h2-5,12-13H,6-9H2,1H3/t12-,13-/m1/s1. The van der Waals surface area contributed by atoms with Crippen LogP contribution in [0.3, 0.4) is 0 Å². The lowest BCUT2D eigenvalue weighted by Gasteiger charge is -2.24. The molecular weight excluding hydrogens is 372 g/mol. The van der Waals surface area contributed by atoms with E-state index in [0.29, 0.717) is 16.7 Å². The highest BCUT2D eigenvalue weighted by Crippen LogP contribution is 2.39. The fourth-order valence-corrected chi connectivity index (χ4v) is 7.06. The number of amides is 1. The number of hydrogen-bond donors (Lipinski definition) is 0. The topological polar surface area (TPSA) is 76.0 Å². The minimum absolute atomic E-state index is 0.0760. The van der Waals surface area contributed by atoms with Gasteiger partial charge >= 0.3 is 0 Å². The molecule has 0 bridgehead atoms. The monoisotopic (exact) mass is 388 g/mol. The number of halogens is 1. The minimum Gasteiger partial charge on any atom is -0.375 e. The van der Waals surface area contributed by atoms with Crippen molar-refractivity contribution in [3.63, 3.8) is 0 Å². The summed E-state index contributed by atoms with van der Waals surface area (Å²) in [6, 6.07) is 7.20. The second-order valence-corrected chi connectivity index (χ2v) is 9.51. The normalized spacial score (nSPS) is 26.8. The summed E-state index contributed by atoms with van der Waals surface area (Å²) in [6.45, 7) is 0.320. The van der Waals surface area contributed by atoms with Crippen molar-refractivity contribution in [2.45, 2.75) is 17.8 Å². The second kappa shape index (κ2) is 7.03. The zero-order valence-electron chi connectivity index (χ0n) is 13.0. The summed E-state index contributed by atoms with van der Waals surface area (Å²) in [5.41, 5.74) is 0.872. The van der Waals surface area contributed by atoms with Crippen molar-refractivity contribution in [1.29, 1.82) is 0 Å². The summed E-state index contributed by atoms with van der Waals surface area (Å²) in [4.78, 5) is 17.8. The van der Waals surface area contributed by atoms with Crippen LogP contribution in [0.5, 0.6) is 0 Å². The van der Waals surface area contributed by atoms with Crippen LogP contribution in [0.4, 0.5) is 0 Å². The SMILES string of the molecule is COCC(=O)N=C1S[C@@H]2CS(=O)(=O)C[C@H]2N1Cc1ccccc1Cl. The average molecular weight is 389 g/mol. The number of carbonyl (C=O) groups is 1. The number of carbonyl (C=O) groups excluding carboxylic acids is 1. The molecule has 0 aliphatic carbocycles. The first-order chi connectivity index (χ1) is 11.4. The largest absolute Gasteiger partial charge is 0.375 e. The number of thioether (sulfide) groups is 1. The summed E-state index contributed by atoms with van der Waals surface area (Å²) in [6.07, 6.45) is 0. The molecule has 1 aromatic rings. The number of amidine groups is 1. The number of nitrogens with zero attached hydrogens (tertiary/aromatic N) is 2. The van der Waals surface area contributed by atoms with E-state index in [4.69, 9.17) is 16.3 Å². The molecule has 2 atom stereocenters. The molecule has 0 radical (unpaired) electrons. The fourth-order valence-electron chi connectivity index (χ4n) is 2.89. The maximum atomic E-state index is 11.9. The van der Waals surface area contributed by atoms with Crippen LogP contribution in [0, 0.1) is 0 Å². The molecule has 130 valence electrons. The van der Waals surface area contributed by atoms with Crippen LogP contribution in [-0.2, 0) is 25.9 Å². The van der Waals surface area contributed by atoms with Gasteiger partial charge in [0.25, 0.3) is 5.91 Å². The van der Waals surface area contributed by atoms with Crippen molar-refractivity contribution in [2.75, 3.05) is 25.2 Å². The van der Waals surface area contributed by atoms with Crippen molar-refractivity contribution in [2.24, 2.45) is 4.99 Å². The first-order valence-corrected chi connectivity index (χ1v) is 10.4. The lowest BCUT2D eigenvalue weighted by Crippen LogP contribution is -2.37. The van der Waals surface area contributed by atoms with Gasteiger partial charge in [0.1, 0.15) is 6.61 Å². The predicted molar refractivity (Wildman–Crippen MR) is 95.1 cm³/mol. The van der Waals surface area contributed by atoms with Crippen molar-refractivity contribution in [1.82, 2.24) is 4.90 Å². The first kappa shape index (κ1) is 17.7. The van der Waals surface area contributed by atoms with Gasteiger partial charge in [0.15, 0.2) is 15.0 Å². The third-order valence-corrected chi connectivity index (χ3v) is 7.58. The summed E-state index contributed by atoms with van der Waals surface area (Å²) in [5, 5.41) is 1.04. The summed E-state index contributed by atoms with van der Waals surface area (Å²) >= 11 is 7.57. The van der Waals surface area contributed by atoms with Gasteiger partial charge in [-0.1, -0.05) is 41.6 Å². The molecule has 2 aliphatic heterocycles. The van der Waals surface area contributed by atoms with Crippen molar-refractivity contribution in [3.05, 3.63) is 34.9 Å². The molecule has 24 heavy (non-hydrogen) atoms. The Morgan fingerprint density at radius 3 is 2.88 bits per heavy atom. The van der Waals surface area contributed by atoms with E-state index < -0.39 is 9.84 Å². The lowest BCUT2D eigenvalue weighted by atomic mass is 10.1. The minimum atomic E-state index is -3.06. The van der Waals surface area contributed by atoms with Crippen LogP contribution in [0.15, 0.2) is 29.3 Å². The molecule has 0 saturated carbocycles. The Hall–Kier alpha value is -1.09.